The third-order valence-corrected chi connectivity index (χ3v) is 5.99. The summed E-state index contributed by atoms with van der Waals surface area (Å²) in [5.41, 5.74) is 1.37. The van der Waals surface area contributed by atoms with Crippen molar-refractivity contribution in [1.82, 2.24) is 20.2 Å². The number of amides is 3. The number of imide groups is 1. The molecule has 0 bridgehead atoms. The molecule has 0 aliphatic carbocycles. The number of fused-ring (bicyclic) bond motifs is 2. The van der Waals surface area contributed by atoms with E-state index in [4.69, 9.17) is 4.74 Å². The average molecular weight is 477 g/mol. The zero-order valence-electron chi connectivity index (χ0n) is 19.6. The van der Waals surface area contributed by atoms with E-state index >= 15 is 0 Å². The highest BCUT2D eigenvalue weighted by atomic mass is 16.5. The first-order valence-electron chi connectivity index (χ1n) is 11.8. The molecule has 0 spiro atoms. The van der Waals surface area contributed by atoms with Crippen LogP contribution in [0.3, 0.4) is 0 Å². The number of nitrogens with zero attached hydrogens (tertiary/aromatic N) is 2. The summed E-state index contributed by atoms with van der Waals surface area (Å²) in [6.45, 7) is 2.28. The number of hydrogen-bond acceptors (Lipinski definition) is 6. The highest BCUT2D eigenvalue weighted by Crippen LogP contribution is 2.17. The maximum atomic E-state index is 12.9. The molecule has 2 N–H and O–H groups in total. The Kier molecular flexibility index (Phi) is 7.54. The number of esters is 1. The number of rotatable bonds is 5. The lowest BCUT2D eigenvalue weighted by Gasteiger charge is -2.16. The van der Waals surface area contributed by atoms with Crippen molar-refractivity contribution in [3.63, 3.8) is 0 Å². The highest BCUT2D eigenvalue weighted by molar-refractivity contribution is 5.99. The van der Waals surface area contributed by atoms with Crippen LogP contribution < -0.4 is 16.2 Å². The predicted molar refractivity (Wildman–Crippen MR) is 130 cm³/mol. The first kappa shape index (κ1) is 24.1. The Bertz CT molecular complexity index is 1300. The van der Waals surface area contributed by atoms with Crippen LogP contribution in [0.1, 0.15) is 54.4 Å². The number of urea groups is 1. The number of carbonyl (C=O) groups excluding carboxylic acids is 3. The lowest BCUT2D eigenvalue weighted by molar-refractivity contribution is -0.127. The Morgan fingerprint density at radius 1 is 1.06 bits per heavy atom. The average Bonchev–Trinajstić information content (AvgIpc) is 2.84. The molecule has 2 heterocycles. The fourth-order valence-electron chi connectivity index (χ4n) is 4.04. The van der Waals surface area contributed by atoms with Gasteiger partial charge in [0.05, 0.1) is 16.5 Å². The van der Waals surface area contributed by atoms with Crippen molar-refractivity contribution in [1.29, 1.82) is 0 Å². The summed E-state index contributed by atoms with van der Waals surface area (Å²) in [6.07, 6.45) is 3.61. The zero-order chi connectivity index (χ0) is 24.8. The van der Waals surface area contributed by atoms with Crippen LogP contribution in [0.4, 0.5) is 4.79 Å². The molecular formula is C26H28N4O5. The van der Waals surface area contributed by atoms with Crippen LogP contribution in [0.2, 0.25) is 0 Å². The van der Waals surface area contributed by atoms with Crippen molar-refractivity contribution in [2.75, 3.05) is 0 Å². The maximum Gasteiger partial charge on any atom is 0.338 e. The molecule has 1 aliphatic rings. The van der Waals surface area contributed by atoms with E-state index in [0.29, 0.717) is 23.9 Å². The Morgan fingerprint density at radius 3 is 2.63 bits per heavy atom. The van der Waals surface area contributed by atoms with E-state index in [1.807, 2.05) is 30.3 Å². The number of nitrogens with one attached hydrogen (secondary N) is 2. The number of carbonyl (C=O) groups is 3. The summed E-state index contributed by atoms with van der Waals surface area (Å²) in [6, 6.07) is 13.1. The van der Waals surface area contributed by atoms with Crippen molar-refractivity contribution in [3.8, 4) is 0 Å². The summed E-state index contributed by atoms with van der Waals surface area (Å²) in [7, 11) is 0. The molecule has 1 unspecified atom stereocenters. The van der Waals surface area contributed by atoms with Crippen molar-refractivity contribution in [2.24, 2.45) is 0 Å². The maximum absolute atomic E-state index is 12.9. The third-order valence-electron chi connectivity index (χ3n) is 5.99. The molecule has 1 atom stereocenters. The van der Waals surface area contributed by atoms with E-state index in [9.17, 15) is 19.2 Å². The van der Waals surface area contributed by atoms with E-state index < -0.39 is 24.0 Å². The van der Waals surface area contributed by atoms with Gasteiger partial charge < -0.3 is 10.1 Å². The Hall–Kier alpha value is -4.01. The molecule has 0 saturated carbocycles. The van der Waals surface area contributed by atoms with Gasteiger partial charge in [0.2, 0.25) is 0 Å². The number of aromatic nitrogens is 2. The van der Waals surface area contributed by atoms with E-state index in [1.54, 1.807) is 10.6 Å². The van der Waals surface area contributed by atoms with E-state index in [1.165, 1.54) is 19.1 Å². The monoisotopic (exact) mass is 476 g/mol. The molecule has 0 fully saturated rings. The summed E-state index contributed by atoms with van der Waals surface area (Å²) < 4.78 is 6.98. The van der Waals surface area contributed by atoms with Crippen molar-refractivity contribution >= 4 is 28.8 Å². The molecule has 1 aromatic heterocycles. The van der Waals surface area contributed by atoms with Gasteiger partial charge in [-0.1, -0.05) is 43.2 Å². The molecule has 1 aliphatic heterocycles. The molecule has 182 valence electrons. The van der Waals surface area contributed by atoms with Crippen LogP contribution in [0, 0.1) is 0 Å². The lowest BCUT2D eigenvalue weighted by atomic mass is 10.1. The first-order valence-corrected chi connectivity index (χ1v) is 11.8. The second kappa shape index (κ2) is 10.9. The third kappa shape index (κ3) is 5.92. The second-order valence-corrected chi connectivity index (χ2v) is 8.59. The first-order chi connectivity index (χ1) is 16.9. The highest BCUT2D eigenvalue weighted by Gasteiger charge is 2.22. The minimum absolute atomic E-state index is 0.110. The fourth-order valence-corrected chi connectivity index (χ4v) is 4.04. The van der Waals surface area contributed by atoms with Crippen molar-refractivity contribution in [2.45, 2.75) is 58.2 Å². The summed E-state index contributed by atoms with van der Waals surface area (Å²) in [5.74, 6) is -0.766. The van der Waals surface area contributed by atoms with E-state index in [-0.39, 0.29) is 17.7 Å². The Morgan fingerprint density at radius 2 is 1.83 bits per heavy atom. The van der Waals surface area contributed by atoms with E-state index in [2.05, 4.69) is 15.6 Å². The molecule has 9 nitrogen and oxygen atoms in total. The Labute approximate surface area is 202 Å². The summed E-state index contributed by atoms with van der Waals surface area (Å²) >= 11 is 0. The largest absolute Gasteiger partial charge is 0.449 e. The fraction of sp³-hybridized carbons (Fsp3) is 0.346. The van der Waals surface area contributed by atoms with Gasteiger partial charge in [-0.05, 0) is 43.5 Å². The number of hydrogen-bond donors (Lipinski definition) is 2. The molecule has 9 heteroatoms. The minimum atomic E-state index is -1.20. The molecular weight excluding hydrogens is 448 g/mol. The molecule has 35 heavy (non-hydrogen) atoms. The standard InChI is InChI=1S/C26H28N4O5/c1-17(23(31)29-26(34)27-16-18-9-5-4-6-10-18)35-25(33)19-12-13-20-21(15-19)28-22-11-7-2-3-8-14-30(22)24(20)32/h4-6,9-10,12-13,15,17H,2-3,7-8,11,14,16H2,1H3,(H2,27,29,31,34). The quantitative estimate of drug-likeness (QED) is 0.546. The Balaban J connectivity index is 1.40. The SMILES string of the molecule is CC(OC(=O)c1ccc2c(=O)n3c(nc2c1)CCCCCC3)C(=O)NC(=O)NCc1ccccc1. The van der Waals surface area contributed by atoms with Gasteiger partial charge in [0.15, 0.2) is 6.10 Å². The molecule has 0 saturated heterocycles. The topological polar surface area (TPSA) is 119 Å². The molecule has 0 radical (unpaired) electrons. The summed E-state index contributed by atoms with van der Waals surface area (Å²) in [5, 5.41) is 5.18. The van der Waals surface area contributed by atoms with Gasteiger partial charge >= 0.3 is 12.0 Å². The zero-order valence-corrected chi connectivity index (χ0v) is 19.6. The van der Waals surface area contributed by atoms with Gasteiger partial charge in [0, 0.05) is 19.5 Å². The van der Waals surface area contributed by atoms with Crippen molar-refractivity contribution < 1.29 is 19.1 Å². The van der Waals surface area contributed by atoms with Gasteiger partial charge in [-0.15, -0.1) is 0 Å². The molecule has 2 aromatic carbocycles. The summed E-state index contributed by atoms with van der Waals surface area (Å²) in [4.78, 5) is 54.6. The smallest absolute Gasteiger partial charge is 0.338 e. The molecule has 4 rings (SSSR count). The van der Waals surface area contributed by atoms with E-state index in [0.717, 1.165) is 37.1 Å². The number of ether oxygens (including phenoxy) is 1. The predicted octanol–water partition coefficient (Wildman–Crippen LogP) is 3.08. The van der Waals surface area contributed by atoms with Crippen LogP contribution in [0.5, 0.6) is 0 Å². The number of benzene rings is 2. The van der Waals surface area contributed by atoms with Gasteiger partial charge in [0.1, 0.15) is 5.82 Å². The van der Waals surface area contributed by atoms with Crippen LogP contribution in [0.25, 0.3) is 10.9 Å². The van der Waals surface area contributed by atoms with Crippen molar-refractivity contribution in [3.05, 3.63) is 75.8 Å². The van der Waals surface area contributed by atoms with Crippen LogP contribution in [0.15, 0.2) is 53.3 Å². The van der Waals surface area contributed by atoms with Crippen LogP contribution in [-0.4, -0.2) is 33.6 Å². The van der Waals surface area contributed by atoms with Crippen LogP contribution in [-0.2, 0) is 29.0 Å². The second-order valence-electron chi connectivity index (χ2n) is 8.59. The van der Waals surface area contributed by atoms with Gasteiger partial charge in [0.25, 0.3) is 11.5 Å². The molecule has 3 aromatic rings. The van der Waals surface area contributed by atoms with Gasteiger partial charge in [-0.2, -0.15) is 0 Å². The normalized spacial score (nSPS) is 14.2. The number of aryl methyl sites for hydroxylation is 1. The van der Waals surface area contributed by atoms with Crippen LogP contribution >= 0.6 is 0 Å². The minimum Gasteiger partial charge on any atom is -0.449 e. The van der Waals surface area contributed by atoms with Gasteiger partial charge in [-0.3, -0.25) is 19.5 Å². The molecule has 3 amide bonds. The van der Waals surface area contributed by atoms with Gasteiger partial charge in [-0.25, -0.2) is 14.6 Å². The lowest BCUT2D eigenvalue weighted by Crippen LogP contribution is -2.44.